The minimum atomic E-state index is -0.502. The van der Waals surface area contributed by atoms with Gasteiger partial charge in [0.05, 0.1) is 5.56 Å². The molecule has 2 unspecified atom stereocenters. The number of benzene rings is 1. The summed E-state index contributed by atoms with van der Waals surface area (Å²) < 4.78 is 5.62. The van der Waals surface area contributed by atoms with Gasteiger partial charge in [0.15, 0.2) is 0 Å². The summed E-state index contributed by atoms with van der Waals surface area (Å²) in [6.45, 7) is 25.3. The van der Waals surface area contributed by atoms with Crippen molar-refractivity contribution in [1.82, 2.24) is 0 Å². The first kappa shape index (κ1) is 31.8. The molecule has 0 heterocycles. The van der Waals surface area contributed by atoms with Crippen LogP contribution in [-0.4, -0.2) is 17.9 Å². The third-order valence-corrected chi connectivity index (χ3v) is 14.8. The van der Waals surface area contributed by atoms with Crippen molar-refractivity contribution in [2.75, 3.05) is 0 Å². The van der Waals surface area contributed by atoms with Crippen LogP contribution in [0, 0.1) is 56.7 Å². The van der Waals surface area contributed by atoms with E-state index in [1.165, 1.54) is 55.1 Å². The highest BCUT2D eigenvalue weighted by molar-refractivity contribution is 5.90. The first-order valence-electron chi connectivity index (χ1n) is 17.6. The zero-order valence-electron chi connectivity index (χ0n) is 29.1. The molecule has 0 radical (unpaired) electrons. The molecule has 0 aliphatic heterocycles. The summed E-state index contributed by atoms with van der Waals surface area (Å²) >= 11 is 0. The van der Waals surface area contributed by atoms with Crippen LogP contribution >= 0.6 is 0 Å². The highest BCUT2D eigenvalue weighted by Crippen LogP contribution is 2.77. The van der Waals surface area contributed by atoms with Gasteiger partial charge in [-0.15, -0.1) is 0 Å². The highest BCUT2D eigenvalue weighted by atomic mass is 16.6. The molecule has 0 aromatic heterocycles. The van der Waals surface area contributed by atoms with Gasteiger partial charge in [0.25, 0.3) is 0 Å². The molecule has 1 aromatic rings. The van der Waals surface area contributed by atoms with Gasteiger partial charge in [0, 0.05) is 5.41 Å². The molecule has 0 N–H and O–H groups in total. The van der Waals surface area contributed by atoms with E-state index >= 15 is 0 Å². The quantitative estimate of drug-likeness (QED) is 0.197. The molecule has 6 rings (SSSR count). The molecule has 3 heteroatoms. The minimum Gasteiger partial charge on any atom is -0.456 e. The van der Waals surface area contributed by atoms with Crippen LogP contribution < -0.4 is 0 Å². The second-order valence-electron chi connectivity index (χ2n) is 18.2. The van der Waals surface area contributed by atoms with E-state index in [0.717, 1.165) is 25.7 Å². The lowest BCUT2D eigenvalue weighted by Gasteiger charge is -2.72. The third kappa shape index (κ3) is 4.40. The lowest BCUT2D eigenvalue weighted by Crippen LogP contribution is -2.65. The zero-order valence-corrected chi connectivity index (χ0v) is 29.1. The molecule has 0 saturated heterocycles. The van der Waals surface area contributed by atoms with Gasteiger partial charge in [-0.25, -0.2) is 4.79 Å². The molecule has 4 saturated carbocycles. The van der Waals surface area contributed by atoms with E-state index in [0.29, 0.717) is 35.2 Å². The van der Waals surface area contributed by atoms with Gasteiger partial charge in [-0.3, -0.25) is 0 Å². The Morgan fingerprint density at radius 3 is 2.18 bits per heavy atom. The molecular formula is C41H58O3. The molecule has 4 fully saturated rings. The number of carbonyl (C=O) groups excluding carboxylic acids is 2. The van der Waals surface area contributed by atoms with E-state index < -0.39 is 5.60 Å². The Hall–Kier alpha value is -2.16. The Kier molecular flexibility index (Phi) is 7.35. The number of hydrogen-bond donors (Lipinski definition) is 0. The first-order valence-corrected chi connectivity index (χ1v) is 17.6. The van der Waals surface area contributed by atoms with E-state index in [4.69, 9.17) is 4.74 Å². The van der Waals surface area contributed by atoms with Crippen molar-refractivity contribution in [3.8, 4) is 0 Å². The number of ether oxygens (including phenoxy) is 1. The molecule has 0 bridgehead atoms. The number of fused-ring (bicyclic) bond motifs is 7. The number of allylic oxidation sites excluding steroid dienone is 3. The Balaban J connectivity index is 1.31. The van der Waals surface area contributed by atoms with Gasteiger partial charge >= 0.3 is 5.97 Å². The molecule has 44 heavy (non-hydrogen) atoms. The summed E-state index contributed by atoms with van der Waals surface area (Å²) in [6.07, 6.45) is 14.6. The van der Waals surface area contributed by atoms with Gasteiger partial charge in [-0.1, -0.05) is 65.0 Å². The summed E-state index contributed by atoms with van der Waals surface area (Å²) in [4.78, 5) is 25.5. The second-order valence-corrected chi connectivity index (χ2v) is 18.2. The molecule has 0 amide bonds. The van der Waals surface area contributed by atoms with Crippen LogP contribution in [0.25, 0.3) is 5.57 Å². The van der Waals surface area contributed by atoms with Gasteiger partial charge in [0.2, 0.25) is 0 Å². The number of rotatable bonds is 4. The summed E-state index contributed by atoms with van der Waals surface area (Å²) in [7, 11) is 0. The van der Waals surface area contributed by atoms with Gasteiger partial charge in [-0.2, -0.15) is 0 Å². The van der Waals surface area contributed by atoms with E-state index in [9.17, 15) is 9.59 Å². The Bertz CT molecular complexity index is 1380. The number of hydrogen-bond acceptors (Lipinski definition) is 3. The fraction of sp³-hybridized carbons (Fsp3) is 0.707. The number of esters is 1. The average molecular weight is 599 g/mol. The molecule has 3 nitrogen and oxygen atoms in total. The lowest BCUT2D eigenvalue weighted by molar-refractivity contribution is -0.223. The average Bonchev–Trinajstić information content (AvgIpc) is 3.33. The molecule has 1 aromatic carbocycles. The summed E-state index contributed by atoms with van der Waals surface area (Å²) in [5.41, 5.74) is 4.77. The zero-order chi connectivity index (χ0) is 32.1. The SMILES string of the molecule is C=C(C)[C@@H]1CC[C@]2(C=O)CC[C@]3(C)[C@H](CCC4[C@@]5(C)CC=C(c6ccc(C(=O)OC(C)(C)C)cc6)C(C)(C)[C@H]5CC[C@]43C)C12. The normalized spacial score (nSPS) is 42.6. The highest BCUT2D eigenvalue weighted by Gasteiger charge is 2.70. The minimum absolute atomic E-state index is 0.0370. The lowest BCUT2D eigenvalue weighted by atomic mass is 9.32. The van der Waals surface area contributed by atoms with Crippen molar-refractivity contribution in [3.63, 3.8) is 0 Å². The fourth-order valence-electron chi connectivity index (χ4n) is 12.6. The van der Waals surface area contributed by atoms with Crippen molar-refractivity contribution >= 4 is 17.8 Å². The van der Waals surface area contributed by atoms with Gasteiger partial charge < -0.3 is 9.53 Å². The number of aldehydes is 1. The maximum absolute atomic E-state index is 12.8. The second kappa shape index (κ2) is 10.2. The largest absolute Gasteiger partial charge is 0.456 e. The van der Waals surface area contributed by atoms with Crippen LogP contribution in [-0.2, 0) is 9.53 Å². The summed E-state index contributed by atoms with van der Waals surface area (Å²) in [5, 5.41) is 0. The maximum Gasteiger partial charge on any atom is 0.338 e. The monoisotopic (exact) mass is 598 g/mol. The van der Waals surface area contributed by atoms with E-state index in [2.05, 4.69) is 66.3 Å². The van der Waals surface area contributed by atoms with E-state index in [1.807, 2.05) is 32.9 Å². The van der Waals surface area contributed by atoms with Gasteiger partial charge in [0.1, 0.15) is 11.9 Å². The van der Waals surface area contributed by atoms with Crippen LogP contribution in [0.1, 0.15) is 136 Å². The van der Waals surface area contributed by atoms with Crippen LogP contribution in [0.4, 0.5) is 0 Å². The van der Waals surface area contributed by atoms with Crippen molar-refractivity contribution in [3.05, 3.63) is 53.6 Å². The van der Waals surface area contributed by atoms with Crippen LogP contribution in [0.5, 0.6) is 0 Å². The summed E-state index contributed by atoms with van der Waals surface area (Å²) in [5.74, 6) is 2.60. The smallest absolute Gasteiger partial charge is 0.338 e. The Morgan fingerprint density at radius 2 is 1.57 bits per heavy atom. The molecule has 240 valence electrons. The molecule has 5 aliphatic carbocycles. The van der Waals surface area contributed by atoms with E-state index in [1.54, 1.807) is 0 Å². The Morgan fingerprint density at radius 1 is 0.886 bits per heavy atom. The van der Waals surface area contributed by atoms with Crippen molar-refractivity contribution < 1.29 is 14.3 Å². The van der Waals surface area contributed by atoms with Crippen molar-refractivity contribution in [2.45, 2.75) is 126 Å². The van der Waals surface area contributed by atoms with Crippen molar-refractivity contribution in [1.29, 1.82) is 0 Å². The van der Waals surface area contributed by atoms with E-state index in [-0.39, 0.29) is 33.0 Å². The molecule has 9 atom stereocenters. The molecule has 0 spiro atoms. The van der Waals surface area contributed by atoms with Crippen LogP contribution in [0.15, 0.2) is 42.5 Å². The maximum atomic E-state index is 12.8. The van der Waals surface area contributed by atoms with Crippen molar-refractivity contribution in [2.24, 2.45) is 56.7 Å². The molecule has 5 aliphatic rings. The standard InChI is InChI=1S/C41H58O3/c1-26(2)29-17-22-41(25-42)24-23-39(9)31(34(29)41)15-16-33-38(8)20-18-30(37(6,7)32(38)19-21-40(33,39)10)27-11-13-28(14-12-27)35(43)44-36(3,4)5/h11-14,18,25,29,31-34H,1,15-17,19-24H2,2-10H3/t29-,31+,32+,33?,34?,38-,39+,40+,41+/m0/s1. The topological polar surface area (TPSA) is 43.4 Å². The molecular weight excluding hydrogens is 540 g/mol. The first-order chi connectivity index (χ1) is 20.4. The number of carbonyl (C=O) groups is 2. The Labute approximate surface area is 267 Å². The third-order valence-electron chi connectivity index (χ3n) is 14.8. The predicted octanol–water partition coefficient (Wildman–Crippen LogP) is 10.5. The predicted molar refractivity (Wildman–Crippen MR) is 180 cm³/mol. The van der Waals surface area contributed by atoms with Crippen LogP contribution in [0.3, 0.4) is 0 Å². The van der Waals surface area contributed by atoms with Crippen LogP contribution in [0.2, 0.25) is 0 Å². The summed E-state index contributed by atoms with van der Waals surface area (Å²) in [6, 6.07) is 8.15. The van der Waals surface area contributed by atoms with Gasteiger partial charge in [-0.05, 0) is 160 Å². The fourth-order valence-corrected chi connectivity index (χ4v) is 12.6.